The highest BCUT2D eigenvalue weighted by Crippen LogP contribution is 2.28. The van der Waals surface area contributed by atoms with Crippen LogP contribution in [0.4, 0.5) is 0 Å². The maximum absolute atomic E-state index is 13.2. The van der Waals surface area contributed by atoms with Crippen LogP contribution in [0.5, 0.6) is 11.5 Å². The molecule has 1 aliphatic rings. The topological polar surface area (TPSA) is 90.9 Å². The lowest BCUT2D eigenvalue weighted by atomic mass is 9.91. The molecular formula is C26H27NO6S. The predicted molar refractivity (Wildman–Crippen MR) is 127 cm³/mol. The molecule has 4 rings (SSSR count). The quantitative estimate of drug-likeness (QED) is 0.481. The number of benzene rings is 3. The van der Waals surface area contributed by atoms with Crippen LogP contribution in [0.25, 0.3) is 0 Å². The van der Waals surface area contributed by atoms with Crippen LogP contribution in [0.15, 0.2) is 83.8 Å². The number of ether oxygens (including phenoxy) is 3. The molecule has 1 aliphatic heterocycles. The first-order valence-electron chi connectivity index (χ1n) is 11.0. The highest BCUT2D eigenvalue weighted by atomic mass is 32.2. The number of esters is 1. The summed E-state index contributed by atoms with van der Waals surface area (Å²) in [4.78, 5) is 13.1. The van der Waals surface area contributed by atoms with Crippen molar-refractivity contribution in [1.29, 1.82) is 0 Å². The molecule has 3 aromatic carbocycles. The molecule has 1 heterocycles. The van der Waals surface area contributed by atoms with E-state index in [-0.39, 0.29) is 37.6 Å². The minimum absolute atomic E-state index is 0.0329. The summed E-state index contributed by atoms with van der Waals surface area (Å²) in [5, 5.41) is 0. The zero-order valence-electron chi connectivity index (χ0n) is 18.9. The number of nitrogens with one attached hydrogen (secondary N) is 1. The zero-order chi connectivity index (χ0) is 24.0. The van der Waals surface area contributed by atoms with Crippen LogP contribution in [0.2, 0.25) is 0 Å². The van der Waals surface area contributed by atoms with E-state index in [0.717, 1.165) is 11.1 Å². The molecule has 0 radical (unpaired) electrons. The summed E-state index contributed by atoms with van der Waals surface area (Å²) < 4.78 is 45.7. The third kappa shape index (κ3) is 5.83. The summed E-state index contributed by atoms with van der Waals surface area (Å²) in [6.07, 6.45) is 0.378. The van der Waals surface area contributed by atoms with Crippen molar-refractivity contribution in [3.63, 3.8) is 0 Å². The second-order valence-corrected chi connectivity index (χ2v) is 9.93. The number of carbonyl (C=O) groups is 1. The summed E-state index contributed by atoms with van der Waals surface area (Å²) in [6, 6.07) is 22.9. The first-order chi connectivity index (χ1) is 16.4. The van der Waals surface area contributed by atoms with Gasteiger partial charge in [0.2, 0.25) is 10.0 Å². The van der Waals surface area contributed by atoms with Crippen molar-refractivity contribution in [1.82, 2.24) is 4.72 Å². The number of hydrogen-bond donors (Lipinski definition) is 1. The number of aryl methyl sites for hydroxylation is 1. The summed E-state index contributed by atoms with van der Waals surface area (Å²) in [5.74, 6) is 0.551. The fraction of sp³-hybridized carbons (Fsp3) is 0.269. The van der Waals surface area contributed by atoms with Gasteiger partial charge in [-0.05, 0) is 48.9 Å². The molecule has 0 bridgehead atoms. The molecule has 1 N–H and O–H groups in total. The largest absolute Gasteiger partial charge is 0.459 e. The third-order valence-corrected chi connectivity index (χ3v) is 7.22. The Labute approximate surface area is 199 Å². The maximum atomic E-state index is 13.2. The molecule has 0 aliphatic carbocycles. The van der Waals surface area contributed by atoms with Crippen molar-refractivity contribution in [3.8, 4) is 11.5 Å². The van der Waals surface area contributed by atoms with Crippen molar-refractivity contribution < 1.29 is 27.4 Å². The second-order valence-electron chi connectivity index (χ2n) is 8.25. The Hall–Kier alpha value is -3.20. The fourth-order valence-electron chi connectivity index (χ4n) is 3.67. The average Bonchev–Trinajstić information content (AvgIpc) is 2.85. The van der Waals surface area contributed by atoms with Gasteiger partial charge in [-0.15, -0.1) is 0 Å². The molecule has 0 atom stereocenters. The van der Waals surface area contributed by atoms with E-state index in [4.69, 9.17) is 14.2 Å². The van der Waals surface area contributed by atoms with E-state index in [1.165, 1.54) is 12.1 Å². The van der Waals surface area contributed by atoms with Crippen molar-refractivity contribution in [3.05, 3.63) is 90.0 Å². The van der Waals surface area contributed by atoms with Gasteiger partial charge in [0.15, 0.2) is 0 Å². The molecule has 0 aromatic heterocycles. The number of hydrogen-bond acceptors (Lipinski definition) is 6. The minimum atomic E-state index is -4.00. The summed E-state index contributed by atoms with van der Waals surface area (Å²) in [6.45, 7) is 2.56. The number of carbonyl (C=O) groups excluding carboxylic acids is 1. The predicted octanol–water partition coefficient (Wildman–Crippen LogP) is 4.36. The maximum Gasteiger partial charge on any atom is 0.327 e. The van der Waals surface area contributed by atoms with E-state index in [9.17, 15) is 13.2 Å². The van der Waals surface area contributed by atoms with E-state index < -0.39 is 21.5 Å². The van der Waals surface area contributed by atoms with Crippen LogP contribution in [-0.2, 0) is 30.9 Å². The fourth-order valence-corrected chi connectivity index (χ4v) is 5.09. The van der Waals surface area contributed by atoms with Gasteiger partial charge in [0, 0.05) is 26.1 Å². The van der Waals surface area contributed by atoms with Crippen LogP contribution in [0.3, 0.4) is 0 Å². The molecule has 34 heavy (non-hydrogen) atoms. The van der Waals surface area contributed by atoms with Crippen LogP contribution in [0.1, 0.15) is 24.0 Å². The summed E-state index contributed by atoms with van der Waals surface area (Å²) in [5.41, 5.74) is 0.553. The molecule has 0 unspecified atom stereocenters. The van der Waals surface area contributed by atoms with E-state index >= 15 is 0 Å². The normalized spacial score (nSPS) is 15.4. The van der Waals surface area contributed by atoms with Crippen molar-refractivity contribution in [2.75, 3.05) is 13.2 Å². The van der Waals surface area contributed by atoms with Gasteiger partial charge in [0.05, 0.1) is 4.90 Å². The average molecular weight is 482 g/mol. The van der Waals surface area contributed by atoms with Crippen LogP contribution in [0, 0.1) is 6.92 Å². The Morgan fingerprint density at radius 1 is 0.912 bits per heavy atom. The standard InChI is InChI=1S/C26H27NO6S/c1-20-7-9-22(10-8-20)33-23-11-13-24(14-12-23)34(29,30)27-26(15-17-31-18-16-26)25(28)32-19-21-5-3-2-4-6-21/h2-14,27H,15-19H2,1H3. The van der Waals surface area contributed by atoms with E-state index in [2.05, 4.69) is 4.72 Å². The lowest BCUT2D eigenvalue weighted by Crippen LogP contribution is -2.58. The Kier molecular flexibility index (Phi) is 7.31. The van der Waals surface area contributed by atoms with Crippen molar-refractivity contribution in [2.24, 2.45) is 0 Å². The highest BCUT2D eigenvalue weighted by molar-refractivity contribution is 7.89. The first-order valence-corrected chi connectivity index (χ1v) is 12.5. The molecular weight excluding hydrogens is 454 g/mol. The lowest BCUT2D eigenvalue weighted by molar-refractivity contribution is -0.156. The van der Waals surface area contributed by atoms with E-state index in [1.807, 2.05) is 61.5 Å². The molecule has 178 valence electrons. The van der Waals surface area contributed by atoms with Gasteiger partial charge >= 0.3 is 5.97 Å². The second kappa shape index (κ2) is 10.4. The number of rotatable bonds is 8. The van der Waals surface area contributed by atoms with Gasteiger partial charge < -0.3 is 14.2 Å². The lowest BCUT2D eigenvalue weighted by Gasteiger charge is -2.35. The molecule has 0 spiro atoms. The molecule has 8 heteroatoms. The van der Waals surface area contributed by atoms with Crippen molar-refractivity contribution >= 4 is 16.0 Å². The Balaban J connectivity index is 1.48. The van der Waals surface area contributed by atoms with Gasteiger partial charge in [-0.25, -0.2) is 8.42 Å². The van der Waals surface area contributed by atoms with E-state index in [0.29, 0.717) is 11.5 Å². The van der Waals surface area contributed by atoms with Crippen molar-refractivity contribution in [2.45, 2.75) is 36.8 Å². The van der Waals surface area contributed by atoms with Gasteiger partial charge in [-0.3, -0.25) is 4.79 Å². The number of sulfonamides is 1. The van der Waals surface area contributed by atoms with Gasteiger partial charge in [0.1, 0.15) is 23.6 Å². The Morgan fingerprint density at radius 2 is 1.50 bits per heavy atom. The molecule has 3 aromatic rings. The highest BCUT2D eigenvalue weighted by Gasteiger charge is 2.45. The molecule has 0 saturated carbocycles. The van der Waals surface area contributed by atoms with Crippen LogP contribution < -0.4 is 9.46 Å². The third-order valence-electron chi connectivity index (χ3n) is 5.67. The van der Waals surface area contributed by atoms with Gasteiger partial charge in [-0.2, -0.15) is 4.72 Å². The van der Waals surface area contributed by atoms with Gasteiger partial charge in [0.25, 0.3) is 0 Å². The van der Waals surface area contributed by atoms with Gasteiger partial charge in [-0.1, -0.05) is 48.0 Å². The summed E-state index contributed by atoms with van der Waals surface area (Å²) >= 11 is 0. The Bertz CT molecular complexity index is 1200. The molecule has 7 nitrogen and oxygen atoms in total. The summed E-state index contributed by atoms with van der Waals surface area (Å²) in [7, 11) is -4.00. The molecule has 1 fully saturated rings. The SMILES string of the molecule is Cc1ccc(Oc2ccc(S(=O)(=O)NC3(C(=O)OCc4ccccc4)CCOCC3)cc2)cc1. The monoisotopic (exact) mass is 481 g/mol. The smallest absolute Gasteiger partial charge is 0.327 e. The Morgan fingerprint density at radius 3 is 2.12 bits per heavy atom. The van der Waals surface area contributed by atoms with E-state index in [1.54, 1.807) is 12.1 Å². The van der Waals surface area contributed by atoms with Crippen LogP contribution >= 0.6 is 0 Å². The molecule has 0 amide bonds. The molecule has 1 saturated heterocycles. The first kappa shape index (κ1) is 23.9. The minimum Gasteiger partial charge on any atom is -0.459 e. The zero-order valence-corrected chi connectivity index (χ0v) is 19.7. The van der Waals surface area contributed by atoms with Crippen LogP contribution in [-0.4, -0.2) is 33.1 Å².